The first-order chi connectivity index (χ1) is 10.1. The van der Waals surface area contributed by atoms with E-state index in [2.05, 4.69) is 4.98 Å². The third-order valence-electron chi connectivity index (χ3n) is 3.17. The molecule has 3 rings (SSSR count). The van der Waals surface area contributed by atoms with Gasteiger partial charge in [0.1, 0.15) is 11.6 Å². The van der Waals surface area contributed by atoms with E-state index in [1.165, 1.54) is 12.1 Å². The number of alkyl halides is 1. The van der Waals surface area contributed by atoms with Crippen LogP contribution in [0.3, 0.4) is 0 Å². The summed E-state index contributed by atoms with van der Waals surface area (Å²) in [7, 11) is 0. The molecule has 2 aromatic carbocycles. The highest BCUT2D eigenvalue weighted by Crippen LogP contribution is 2.27. The van der Waals surface area contributed by atoms with Crippen molar-refractivity contribution >= 4 is 45.8 Å². The molecule has 0 aliphatic carbocycles. The summed E-state index contributed by atoms with van der Waals surface area (Å²) >= 11 is 17.6. The van der Waals surface area contributed by atoms with Crippen molar-refractivity contribution in [2.75, 3.05) is 5.88 Å². The van der Waals surface area contributed by atoms with Crippen LogP contribution in [0.4, 0.5) is 4.39 Å². The molecular formula is C15H10Cl3FN2. The molecule has 0 spiro atoms. The number of aromatic nitrogens is 2. The fourth-order valence-corrected chi connectivity index (χ4v) is 2.72. The summed E-state index contributed by atoms with van der Waals surface area (Å²) < 4.78 is 15.6. The summed E-state index contributed by atoms with van der Waals surface area (Å²) in [6, 6.07) is 10.0. The number of hydrogen-bond donors (Lipinski definition) is 0. The van der Waals surface area contributed by atoms with Gasteiger partial charge in [-0.3, -0.25) is 4.57 Å². The van der Waals surface area contributed by atoms with Gasteiger partial charge in [-0.2, -0.15) is 0 Å². The Morgan fingerprint density at radius 3 is 2.62 bits per heavy atom. The zero-order chi connectivity index (χ0) is 15.0. The van der Waals surface area contributed by atoms with Crippen LogP contribution in [0.15, 0.2) is 36.4 Å². The molecule has 3 aromatic rings. The Kier molecular flexibility index (Phi) is 4.07. The number of hydrogen-bond acceptors (Lipinski definition) is 1. The Hall–Kier alpha value is -1.29. The first-order valence-electron chi connectivity index (χ1n) is 6.28. The minimum Gasteiger partial charge on any atom is -0.296 e. The molecule has 0 radical (unpaired) electrons. The zero-order valence-corrected chi connectivity index (χ0v) is 13.1. The number of nitrogens with zero attached hydrogens (tertiary/aromatic N) is 2. The molecule has 1 heterocycles. The predicted molar refractivity (Wildman–Crippen MR) is 85.5 cm³/mol. The van der Waals surface area contributed by atoms with Gasteiger partial charge < -0.3 is 0 Å². The summed E-state index contributed by atoms with van der Waals surface area (Å²) in [6.45, 7) is 0. The second-order valence-corrected chi connectivity index (χ2v) is 5.76. The van der Waals surface area contributed by atoms with Gasteiger partial charge in [0, 0.05) is 17.3 Å². The van der Waals surface area contributed by atoms with Gasteiger partial charge in [0.05, 0.1) is 21.7 Å². The molecule has 0 N–H and O–H groups in total. The summed E-state index contributed by atoms with van der Waals surface area (Å²) in [4.78, 5) is 4.54. The van der Waals surface area contributed by atoms with Gasteiger partial charge in [0.2, 0.25) is 0 Å². The third-order valence-corrected chi connectivity index (χ3v) is 3.90. The normalized spacial score (nSPS) is 11.2. The predicted octanol–water partition coefficient (Wildman–Crippen LogP) is 5.25. The van der Waals surface area contributed by atoms with Crippen LogP contribution < -0.4 is 0 Å². The van der Waals surface area contributed by atoms with E-state index in [0.29, 0.717) is 23.0 Å². The van der Waals surface area contributed by atoms with Gasteiger partial charge in [-0.25, -0.2) is 9.37 Å². The van der Waals surface area contributed by atoms with Crippen LogP contribution in [0.5, 0.6) is 0 Å². The SMILES string of the molecule is Fc1cc(-n2c(CCCl)nc3ccc(Cl)cc32)ccc1Cl. The van der Waals surface area contributed by atoms with Crippen molar-refractivity contribution in [2.24, 2.45) is 0 Å². The minimum absolute atomic E-state index is 0.0834. The van der Waals surface area contributed by atoms with Crippen molar-refractivity contribution < 1.29 is 4.39 Å². The number of fused-ring (bicyclic) bond motifs is 1. The van der Waals surface area contributed by atoms with E-state index in [9.17, 15) is 4.39 Å². The second kappa shape index (κ2) is 5.84. The first kappa shape index (κ1) is 14.6. The Morgan fingerprint density at radius 1 is 1.10 bits per heavy atom. The second-order valence-electron chi connectivity index (χ2n) is 4.53. The molecule has 0 saturated carbocycles. The molecule has 6 heteroatoms. The molecule has 0 bridgehead atoms. The molecule has 0 fully saturated rings. The molecule has 0 saturated heterocycles. The number of benzene rings is 2. The quantitative estimate of drug-likeness (QED) is 0.594. The average Bonchev–Trinajstić information content (AvgIpc) is 2.80. The van der Waals surface area contributed by atoms with Gasteiger partial charge in [0.25, 0.3) is 0 Å². The van der Waals surface area contributed by atoms with Gasteiger partial charge in [-0.1, -0.05) is 23.2 Å². The van der Waals surface area contributed by atoms with Crippen LogP contribution in [0.2, 0.25) is 10.0 Å². The number of aryl methyl sites for hydroxylation is 1. The van der Waals surface area contributed by atoms with Crippen LogP contribution in [0.1, 0.15) is 5.82 Å². The van der Waals surface area contributed by atoms with Crippen molar-refractivity contribution in [1.82, 2.24) is 9.55 Å². The van der Waals surface area contributed by atoms with Crippen molar-refractivity contribution in [3.8, 4) is 5.69 Å². The summed E-state index contributed by atoms with van der Waals surface area (Å²) in [5, 5.41) is 0.676. The fourth-order valence-electron chi connectivity index (χ4n) is 2.26. The van der Waals surface area contributed by atoms with Gasteiger partial charge in [0.15, 0.2) is 0 Å². The van der Waals surface area contributed by atoms with E-state index in [1.807, 2.05) is 10.6 Å². The van der Waals surface area contributed by atoms with E-state index >= 15 is 0 Å². The smallest absolute Gasteiger partial charge is 0.143 e. The molecule has 2 nitrogen and oxygen atoms in total. The lowest BCUT2D eigenvalue weighted by Crippen LogP contribution is -2.02. The number of imidazole rings is 1. The van der Waals surface area contributed by atoms with Crippen molar-refractivity contribution in [3.05, 3.63) is 58.1 Å². The largest absolute Gasteiger partial charge is 0.296 e. The third kappa shape index (κ3) is 2.73. The van der Waals surface area contributed by atoms with Crippen molar-refractivity contribution in [3.63, 3.8) is 0 Å². The number of halogens is 4. The maximum atomic E-state index is 13.8. The highest BCUT2D eigenvalue weighted by Gasteiger charge is 2.14. The number of rotatable bonds is 3. The van der Waals surface area contributed by atoms with E-state index in [4.69, 9.17) is 34.8 Å². The lowest BCUT2D eigenvalue weighted by atomic mass is 10.2. The highest BCUT2D eigenvalue weighted by molar-refractivity contribution is 6.31. The average molecular weight is 344 g/mol. The Bertz CT molecular complexity index is 814. The van der Waals surface area contributed by atoms with Crippen LogP contribution >= 0.6 is 34.8 Å². The van der Waals surface area contributed by atoms with Crippen molar-refractivity contribution in [1.29, 1.82) is 0 Å². The summed E-state index contributed by atoms with van der Waals surface area (Å²) in [5.74, 6) is 0.700. The fraction of sp³-hybridized carbons (Fsp3) is 0.133. The van der Waals surface area contributed by atoms with Gasteiger partial charge in [-0.15, -0.1) is 11.6 Å². The summed E-state index contributed by atoms with van der Waals surface area (Å²) in [6.07, 6.45) is 0.568. The molecule has 0 aliphatic heterocycles. The molecule has 0 unspecified atom stereocenters. The molecule has 0 atom stereocenters. The Labute approximate surface area is 136 Å². The minimum atomic E-state index is -0.477. The van der Waals surface area contributed by atoms with E-state index in [-0.39, 0.29) is 5.02 Å². The maximum absolute atomic E-state index is 13.8. The first-order valence-corrected chi connectivity index (χ1v) is 7.57. The van der Waals surface area contributed by atoms with E-state index < -0.39 is 5.82 Å². The van der Waals surface area contributed by atoms with Crippen molar-refractivity contribution in [2.45, 2.75) is 6.42 Å². The topological polar surface area (TPSA) is 17.8 Å². The Balaban J connectivity index is 2.29. The molecule has 108 valence electrons. The summed E-state index contributed by atoms with van der Waals surface area (Å²) in [5.41, 5.74) is 2.24. The van der Waals surface area contributed by atoms with Crippen LogP contribution in [0.25, 0.3) is 16.7 Å². The molecule has 21 heavy (non-hydrogen) atoms. The molecule has 0 aliphatic rings. The van der Waals surface area contributed by atoms with Crippen LogP contribution in [-0.2, 0) is 6.42 Å². The van der Waals surface area contributed by atoms with Crippen LogP contribution in [0, 0.1) is 5.82 Å². The molecular weight excluding hydrogens is 334 g/mol. The highest BCUT2D eigenvalue weighted by atomic mass is 35.5. The lowest BCUT2D eigenvalue weighted by molar-refractivity contribution is 0.627. The van der Waals surface area contributed by atoms with E-state index in [0.717, 1.165) is 16.9 Å². The lowest BCUT2D eigenvalue weighted by Gasteiger charge is -2.09. The zero-order valence-electron chi connectivity index (χ0n) is 10.8. The molecule has 0 amide bonds. The van der Waals surface area contributed by atoms with Gasteiger partial charge in [-0.05, 0) is 36.4 Å². The standard InChI is InChI=1S/C15H10Cl3FN2/c16-6-5-15-20-13-4-1-9(17)7-14(13)21(15)10-2-3-11(18)12(19)8-10/h1-4,7-8H,5-6H2. The monoisotopic (exact) mass is 342 g/mol. The molecule has 1 aromatic heterocycles. The maximum Gasteiger partial charge on any atom is 0.143 e. The Morgan fingerprint density at radius 2 is 1.90 bits per heavy atom. The van der Waals surface area contributed by atoms with E-state index in [1.54, 1.807) is 18.2 Å². The van der Waals surface area contributed by atoms with Crippen LogP contribution in [-0.4, -0.2) is 15.4 Å². The van der Waals surface area contributed by atoms with Gasteiger partial charge >= 0.3 is 0 Å².